The number of nitrogens with one attached hydrogen (secondary N) is 2. The molecule has 0 saturated heterocycles. The number of carbonyl (C=O) groups excluding carboxylic acids is 1. The first-order valence-electron chi connectivity index (χ1n) is 8.00. The molecule has 1 aliphatic heterocycles. The van der Waals surface area contributed by atoms with Crippen LogP contribution in [0.15, 0.2) is 18.2 Å². The third-order valence-electron chi connectivity index (χ3n) is 4.19. The maximum Gasteiger partial charge on any atom is 0.251 e. The number of nitrogens with zero attached hydrogens (tertiary/aromatic N) is 1. The fraction of sp³-hybridized carbons (Fsp3) is 0.588. The van der Waals surface area contributed by atoms with Gasteiger partial charge in [-0.25, -0.2) is 0 Å². The summed E-state index contributed by atoms with van der Waals surface area (Å²) in [5.74, 6) is 0.0633. The summed E-state index contributed by atoms with van der Waals surface area (Å²) in [6.07, 6.45) is 0.934. The number of fused-ring (bicyclic) bond motifs is 1. The summed E-state index contributed by atoms with van der Waals surface area (Å²) in [6.45, 7) is 11.1. The van der Waals surface area contributed by atoms with Gasteiger partial charge in [0.25, 0.3) is 5.91 Å². The molecule has 0 saturated carbocycles. The van der Waals surface area contributed by atoms with Gasteiger partial charge in [-0.2, -0.15) is 0 Å². The first-order valence-corrected chi connectivity index (χ1v) is 8.00. The van der Waals surface area contributed by atoms with Crippen LogP contribution in [0.4, 0.5) is 0 Å². The molecule has 1 heterocycles. The van der Waals surface area contributed by atoms with E-state index >= 15 is 0 Å². The largest absolute Gasteiger partial charge is 0.348 e. The standard InChI is InChI=1S/C17H27N3O/c1-4-20(5-2)12-13(3)19-17(21)16-8-6-7-14-11-18-10-9-15(14)16/h6-8,13,18H,4-5,9-12H2,1-3H3,(H,19,21). The Bertz CT molecular complexity index is 483. The molecule has 0 spiro atoms. The predicted molar refractivity (Wildman–Crippen MR) is 86.6 cm³/mol. The summed E-state index contributed by atoms with van der Waals surface area (Å²) >= 11 is 0. The van der Waals surface area contributed by atoms with Crippen LogP contribution in [-0.4, -0.2) is 43.0 Å². The van der Waals surface area contributed by atoms with Gasteiger partial charge in [0.15, 0.2) is 0 Å². The summed E-state index contributed by atoms with van der Waals surface area (Å²) in [5, 5.41) is 6.50. The van der Waals surface area contributed by atoms with E-state index in [0.717, 1.165) is 44.7 Å². The van der Waals surface area contributed by atoms with Crippen LogP contribution in [0.1, 0.15) is 42.3 Å². The molecule has 2 rings (SSSR count). The van der Waals surface area contributed by atoms with Gasteiger partial charge in [0.2, 0.25) is 0 Å². The van der Waals surface area contributed by atoms with Crippen molar-refractivity contribution in [3.8, 4) is 0 Å². The number of hydrogen-bond acceptors (Lipinski definition) is 3. The first-order chi connectivity index (χ1) is 10.2. The molecule has 1 aliphatic rings. The number of amides is 1. The highest BCUT2D eigenvalue weighted by atomic mass is 16.1. The van der Waals surface area contributed by atoms with Crippen molar-refractivity contribution >= 4 is 5.91 Å². The van der Waals surface area contributed by atoms with Crippen molar-refractivity contribution < 1.29 is 4.79 Å². The van der Waals surface area contributed by atoms with Gasteiger partial charge in [-0.05, 0) is 50.2 Å². The van der Waals surface area contributed by atoms with Crippen molar-refractivity contribution in [2.45, 2.75) is 39.8 Å². The smallest absolute Gasteiger partial charge is 0.251 e. The molecule has 1 aromatic carbocycles. The lowest BCUT2D eigenvalue weighted by molar-refractivity contribution is 0.0929. The van der Waals surface area contributed by atoms with Crippen molar-refractivity contribution in [1.29, 1.82) is 0 Å². The van der Waals surface area contributed by atoms with Crippen LogP contribution in [-0.2, 0) is 13.0 Å². The SMILES string of the molecule is CCN(CC)CC(C)NC(=O)c1cccc2c1CCNC2. The van der Waals surface area contributed by atoms with Gasteiger partial charge < -0.3 is 15.5 Å². The summed E-state index contributed by atoms with van der Waals surface area (Å²) < 4.78 is 0. The number of hydrogen-bond donors (Lipinski definition) is 2. The van der Waals surface area contributed by atoms with Crippen LogP contribution in [0.5, 0.6) is 0 Å². The van der Waals surface area contributed by atoms with Gasteiger partial charge in [0.05, 0.1) is 0 Å². The molecule has 116 valence electrons. The molecule has 4 nitrogen and oxygen atoms in total. The summed E-state index contributed by atoms with van der Waals surface area (Å²) in [6, 6.07) is 6.20. The highest BCUT2D eigenvalue weighted by Gasteiger charge is 2.18. The Morgan fingerprint density at radius 2 is 2.14 bits per heavy atom. The number of benzene rings is 1. The molecular formula is C17H27N3O. The second kappa shape index (κ2) is 7.57. The van der Waals surface area contributed by atoms with Crippen molar-refractivity contribution in [1.82, 2.24) is 15.5 Å². The zero-order valence-electron chi connectivity index (χ0n) is 13.4. The average molecular weight is 289 g/mol. The second-order valence-electron chi connectivity index (χ2n) is 5.73. The molecule has 0 aromatic heterocycles. The van der Waals surface area contributed by atoms with E-state index in [1.165, 1.54) is 11.1 Å². The Balaban J connectivity index is 2.03. The fourth-order valence-corrected chi connectivity index (χ4v) is 2.96. The van der Waals surface area contributed by atoms with E-state index in [2.05, 4.69) is 42.4 Å². The van der Waals surface area contributed by atoms with E-state index in [-0.39, 0.29) is 11.9 Å². The van der Waals surface area contributed by atoms with Crippen LogP contribution in [0.2, 0.25) is 0 Å². The lowest BCUT2D eigenvalue weighted by Gasteiger charge is -2.25. The normalized spacial score (nSPS) is 15.6. The highest BCUT2D eigenvalue weighted by Crippen LogP contribution is 2.18. The minimum absolute atomic E-state index is 0.0633. The van der Waals surface area contributed by atoms with E-state index in [4.69, 9.17) is 0 Å². The van der Waals surface area contributed by atoms with Crippen molar-refractivity contribution in [2.75, 3.05) is 26.2 Å². The van der Waals surface area contributed by atoms with E-state index in [1.807, 2.05) is 12.1 Å². The third kappa shape index (κ3) is 4.05. The molecule has 0 radical (unpaired) electrons. The molecular weight excluding hydrogens is 262 g/mol. The number of carbonyl (C=O) groups is 1. The maximum absolute atomic E-state index is 12.5. The summed E-state index contributed by atoms with van der Waals surface area (Å²) in [4.78, 5) is 14.9. The van der Waals surface area contributed by atoms with E-state index in [9.17, 15) is 4.79 Å². The van der Waals surface area contributed by atoms with Crippen molar-refractivity contribution in [2.24, 2.45) is 0 Å². The highest BCUT2D eigenvalue weighted by molar-refractivity contribution is 5.96. The van der Waals surface area contributed by atoms with Gasteiger partial charge in [-0.1, -0.05) is 26.0 Å². The molecule has 1 amide bonds. The van der Waals surface area contributed by atoms with Crippen molar-refractivity contribution in [3.05, 3.63) is 34.9 Å². The lowest BCUT2D eigenvalue weighted by atomic mass is 9.95. The third-order valence-corrected chi connectivity index (χ3v) is 4.19. The Morgan fingerprint density at radius 1 is 1.38 bits per heavy atom. The number of rotatable bonds is 6. The molecule has 1 aromatic rings. The minimum Gasteiger partial charge on any atom is -0.348 e. The predicted octanol–water partition coefficient (Wildman–Crippen LogP) is 1.79. The monoisotopic (exact) mass is 289 g/mol. The zero-order valence-corrected chi connectivity index (χ0v) is 13.4. The molecule has 0 aliphatic carbocycles. The Labute approximate surface area is 127 Å². The average Bonchev–Trinajstić information content (AvgIpc) is 2.51. The van der Waals surface area contributed by atoms with Gasteiger partial charge in [-0.15, -0.1) is 0 Å². The van der Waals surface area contributed by atoms with Crippen LogP contribution in [0.25, 0.3) is 0 Å². The molecule has 0 fully saturated rings. The lowest BCUT2D eigenvalue weighted by Crippen LogP contribution is -2.42. The quantitative estimate of drug-likeness (QED) is 0.839. The fourth-order valence-electron chi connectivity index (χ4n) is 2.96. The summed E-state index contributed by atoms with van der Waals surface area (Å²) in [7, 11) is 0. The Hall–Kier alpha value is -1.39. The summed E-state index contributed by atoms with van der Waals surface area (Å²) in [5.41, 5.74) is 3.31. The number of likely N-dealkylation sites (N-methyl/N-ethyl adjacent to an activating group) is 1. The molecule has 4 heteroatoms. The van der Waals surface area contributed by atoms with Crippen LogP contribution < -0.4 is 10.6 Å². The molecule has 1 unspecified atom stereocenters. The van der Waals surface area contributed by atoms with Gasteiger partial charge in [-0.3, -0.25) is 4.79 Å². The van der Waals surface area contributed by atoms with Gasteiger partial charge in [0, 0.05) is 24.7 Å². The Morgan fingerprint density at radius 3 is 2.86 bits per heavy atom. The van der Waals surface area contributed by atoms with Gasteiger partial charge in [0.1, 0.15) is 0 Å². The topological polar surface area (TPSA) is 44.4 Å². The molecule has 1 atom stereocenters. The van der Waals surface area contributed by atoms with Gasteiger partial charge >= 0.3 is 0 Å². The van der Waals surface area contributed by atoms with E-state index in [1.54, 1.807) is 0 Å². The second-order valence-corrected chi connectivity index (χ2v) is 5.73. The zero-order chi connectivity index (χ0) is 15.2. The molecule has 0 bridgehead atoms. The molecule has 21 heavy (non-hydrogen) atoms. The van der Waals surface area contributed by atoms with Crippen molar-refractivity contribution in [3.63, 3.8) is 0 Å². The van der Waals surface area contributed by atoms with Crippen LogP contribution >= 0.6 is 0 Å². The van der Waals surface area contributed by atoms with E-state index < -0.39 is 0 Å². The van der Waals surface area contributed by atoms with E-state index in [0.29, 0.717) is 0 Å². The minimum atomic E-state index is 0.0633. The van der Waals surface area contributed by atoms with Crippen LogP contribution in [0, 0.1) is 0 Å². The van der Waals surface area contributed by atoms with Crippen LogP contribution in [0.3, 0.4) is 0 Å². The Kier molecular flexibility index (Phi) is 5.76. The molecule has 2 N–H and O–H groups in total. The first kappa shape index (κ1) is 16.0. The maximum atomic E-state index is 12.5.